The maximum atomic E-state index is 12.4. The van der Waals surface area contributed by atoms with Gasteiger partial charge in [-0.15, -0.1) is 0 Å². The number of rotatable bonds is 38. The van der Waals surface area contributed by atoms with E-state index >= 15 is 0 Å². The summed E-state index contributed by atoms with van der Waals surface area (Å²) in [5, 5.41) is 0. The Balaban J connectivity index is 3.94. The van der Waals surface area contributed by atoms with Crippen LogP contribution in [0.25, 0.3) is 0 Å². The van der Waals surface area contributed by atoms with Crippen LogP contribution in [0.5, 0.6) is 0 Å². The van der Waals surface area contributed by atoms with Crippen LogP contribution >= 0.6 is 7.82 Å². The van der Waals surface area contributed by atoms with Crippen molar-refractivity contribution in [3.63, 3.8) is 0 Å². The lowest BCUT2D eigenvalue weighted by molar-refractivity contribution is -0.153. The van der Waals surface area contributed by atoms with Gasteiger partial charge in [-0.3, -0.25) is 9.32 Å². The molecule has 0 rings (SSSR count). The first-order chi connectivity index (χ1) is 24.9. The van der Waals surface area contributed by atoms with Crippen LogP contribution in [0.4, 0.5) is 0 Å². The average molecular weight is 737 g/mol. The normalized spacial score (nSPS) is 13.2. The molecule has 1 atom stereocenters. The van der Waals surface area contributed by atoms with Crippen molar-refractivity contribution in [3.05, 3.63) is 60.9 Å². The van der Waals surface area contributed by atoms with Crippen LogP contribution in [0.15, 0.2) is 60.9 Å². The molecule has 0 saturated heterocycles. The highest BCUT2D eigenvalue weighted by atomic mass is 31.2. The molecule has 0 unspecified atom stereocenters. The Kier molecular flexibility index (Phi) is 37.8. The van der Waals surface area contributed by atoms with Gasteiger partial charge in [-0.05, 0) is 70.3 Å². The van der Waals surface area contributed by atoms with Crippen LogP contribution in [0, 0.1) is 0 Å². The highest BCUT2D eigenvalue weighted by Crippen LogP contribution is 2.36. The fourth-order valence-corrected chi connectivity index (χ4v) is 5.93. The zero-order valence-electron chi connectivity index (χ0n) is 32.7. The summed E-state index contributed by atoms with van der Waals surface area (Å²) in [4.78, 5) is 30.5. The van der Waals surface area contributed by atoms with Gasteiger partial charge in [-0.2, -0.15) is 0 Å². The standard InChI is InChI=1S/C43H77O7P/c1-3-5-7-9-11-13-15-17-19-21-22-23-24-26-28-30-32-34-36-38-43(44)50-42(41-49-51(45,46)47)40-48-39-37-35-33-31-29-27-25-20-18-16-14-12-10-8-6-4-2/h11,13,17,19,22-23,26,28,37,39,42H,3-10,12,14-16,18,20-21,24-25,27,29-36,38,40-41H2,1-2H3,(H2,45,46,47)/b13-11-,19-17-,23-22-,28-26-,39-37-/t42-/m1/s1. The zero-order valence-corrected chi connectivity index (χ0v) is 33.6. The molecular weight excluding hydrogens is 659 g/mol. The van der Waals surface area contributed by atoms with Crippen molar-refractivity contribution in [2.75, 3.05) is 13.2 Å². The molecule has 0 aromatic carbocycles. The topological polar surface area (TPSA) is 102 Å². The minimum atomic E-state index is -4.68. The van der Waals surface area contributed by atoms with Gasteiger partial charge in [0, 0.05) is 6.42 Å². The number of carbonyl (C=O) groups excluding carboxylic acids is 1. The van der Waals surface area contributed by atoms with Crippen molar-refractivity contribution in [1.82, 2.24) is 0 Å². The first-order valence-corrected chi connectivity index (χ1v) is 22.2. The first kappa shape index (κ1) is 49.1. The number of hydrogen-bond acceptors (Lipinski definition) is 5. The lowest BCUT2D eigenvalue weighted by Crippen LogP contribution is -2.27. The maximum Gasteiger partial charge on any atom is 0.469 e. The molecule has 0 aliphatic heterocycles. The van der Waals surface area contributed by atoms with Gasteiger partial charge >= 0.3 is 13.8 Å². The monoisotopic (exact) mass is 737 g/mol. The lowest BCUT2D eigenvalue weighted by Gasteiger charge is -2.18. The summed E-state index contributed by atoms with van der Waals surface area (Å²) >= 11 is 0. The van der Waals surface area contributed by atoms with E-state index in [9.17, 15) is 9.36 Å². The van der Waals surface area contributed by atoms with Crippen molar-refractivity contribution in [2.45, 2.75) is 193 Å². The van der Waals surface area contributed by atoms with Crippen LogP contribution < -0.4 is 0 Å². The second kappa shape index (κ2) is 39.3. The van der Waals surface area contributed by atoms with E-state index in [0.717, 1.165) is 51.4 Å². The van der Waals surface area contributed by atoms with E-state index in [1.165, 1.54) is 109 Å². The number of ether oxygens (including phenoxy) is 2. The third-order valence-electron chi connectivity index (χ3n) is 8.63. The zero-order chi connectivity index (χ0) is 37.4. The SMILES string of the molecule is CCCCC/C=C\C/C=C\C/C=C\C/C=C\CCCCCC(=O)O[C@H](CO/C=C\CCCCCCCCCCCCCCCC)COP(=O)(O)O. The number of unbranched alkanes of at least 4 members (excludes halogenated alkanes) is 20. The highest BCUT2D eigenvalue weighted by Gasteiger charge is 2.21. The predicted octanol–water partition coefficient (Wildman–Crippen LogP) is 13.3. The van der Waals surface area contributed by atoms with Gasteiger partial charge in [-0.25, -0.2) is 4.57 Å². The summed E-state index contributed by atoms with van der Waals surface area (Å²) in [5.74, 6) is -0.415. The van der Waals surface area contributed by atoms with Crippen molar-refractivity contribution in [3.8, 4) is 0 Å². The molecule has 0 bridgehead atoms. The first-order valence-electron chi connectivity index (χ1n) is 20.6. The summed E-state index contributed by atoms with van der Waals surface area (Å²) in [7, 11) is -4.68. The molecule has 296 valence electrons. The molecule has 2 N–H and O–H groups in total. The van der Waals surface area contributed by atoms with Crippen molar-refractivity contribution in [1.29, 1.82) is 0 Å². The molecule has 0 fully saturated rings. The van der Waals surface area contributed by atoms with E-state index in [-0.39, 0.29) is 13.0 Å². The highest BCUT2D eigenvalue weighted by molar-refractivity contribution is 7.46. The molecule has 0 aliphatic rings. The van der Waals surface area contributed by atoms with Crippen LogP contribution in [-0.2, 0) is 23.4 Å². The van der Waals surface area contributed by atoms with E-state index < -0.39 is 26.5 Å². The molecule has 0 heterocycles. The molecule has 0 aliphatic carbocycles. The number of hydrogen-bond donors (Lipinski definition) is 2. The van der Waals surface area contributed by atoms with Crippen LogP contribution in [0.2, 0.25) is 0 Å². The number of phosphoric ester groups is 1. The summed E-state index contributed by atoms with van der Waals surface area (Å²) < 4.78 is 26.7. The maximum absolute atomic E-state index is 12.4. The Labute approximate surface area is 313 Å². The molecule has 0 amide bonds. The third-order valence-corrected chi connectivity index (χ3v) is 9.12. The molecule has 0 aromatic rings. The molecule has 8 heteroatoms. The summed E-state index contributed by atoms with van der Waals surface area (Å²) in [5.41, 5.74) is 0. The Hall–Kier alpha value is -1.92. The van der Waals surface area contributed by atoms with Gasteiger partial charge in [0.1, 0.15) is 6.61 Å². The van der Waals surface area contributed by atoms with E-state index in [2.05, 4.69) is 67.0 Å². The summed E-state index contributed by atoms with van der Waals surface area (Å²) in [6.45, 7) is 4.05. The van der Waals surface area contributed by atoms with Crippen LogP contribution in [0.3, 0.4) is 0 Å². The molecule has 51 heavy (non-hydrogen) atoms. The Morgan fingerprint density at radius 1 is 0.529 bits per heavy atom. The van der Waals surface area contributed by atoms with Gasteiger partial charge < -0.3 is 19.3 Å². The summed E-state index contributed by atoms with van der Waals surface area (Å²) in [6, 6.07) is 0. The van der Waals surface area contributed by atoms with E-state index in [4.69, 9.17) is 19.3 Å². The average Bonchev–Trinajstić information content (AvgIpc) is 3.10. The Bertz CT molecular complexity index is 950. The summed E-state index contributed by atoms with van der Waals surface area (Å²) in [6.07, 6.45) is 51.6. The molecule has 0 saturated carbocycles. The molecule has 7 nitrogen and oxygen atoms in total. The van der Waals surface area contributed by atoms with Crippen LogP contribution in [-0.4, -0.2) is 35.1 Å². The second-order valence-electron chi connectivity index (χ2n) is 13.7. The molecule has 0 spiro atoms. The lowest BCUT2D eigenvalue weighted by atomic mass is 10.0. The predicted molar refractivity (Wildman–Crippen MR) is 216 cm³/mol. The smallest absolute Gasteiger partial charge is 0.469 e. The van der Waals surface area contributed by atoms with Crippen molar-refractivity contribution >= 4 is 13.8 Å². The van der Waals surface area contributed by atoms with Gasteiger partial charge in [0.2, 0.25) is 0 Å². The Morgan fingerprint density at radius 3 is 1.41 bits per heavy atom. The minimum Gasteiger partial charge on any atom is -0.498 e. The molecular formula is C43H77O7P. The van der Waals surface area contributed by atoms with E-state index in [0.29, 0.717) is 6.42 Å². The molecule has 0 radical (unpaired) electrons. The fraction of sp³-hybridized carbons (Fsp3) is 0.744. The quantitative estimate of drug-likeness (QED) is 0.0214. The number of esters is 1. The largest absolute Gasteiger partial charge is 0.498 e. The van der Waals surface area contributed by atoms with Crippen molar-refractivity contribution < 1.29 is 33.1 Å². The number of allylic oxidation sites excluding steroid dienone is 9. The van der Waals surface area contributed by atoms with Gasteiger partial charge in [-0.1, -0.05) is 165 Å². The number of carbonyl (C=O) groups is 1. The van der Waals surface area contributed by atoms with Gasteiger partial charge in [0.25, 0.3) is 0 Å². The van der Waals surface area contributed by atoms with E-state index in [1.54, 1.807) is 6.26 Å². The fourth-order valence-electron chi connectivity index (χ4n) is 5.57. The van der Waals surface area contributed by atoms with Crippen LogP contribution in [0.1, 0.15) is 187 Å². The Morgan fingerprint density at radius 2 is 0.922 bits per heavy atom. The van der Waals surface area contributed by atoms with Crippen molar-refractivity contribution in [2.24, 2.45) is 0 Å². The van der Waals surface area contributed by atoms with Gasteiger partial charge in [0.05, 0.1) is 12.9 Å². The number of phosphoric acid groups is 1. The van der Waals surface area contributed by atoms with Gasteiger partial charge in [0.15, 0.2) is 6.10 Å². The molecule has 0 aromatic heterocycles. The minimum absolute atomic E-state index is 0.0208. The van der Waals surface area contributed by atoms with E-state index in [1.807, 2.05) is 6.08 Å². The second-order valence-corrected chi connectivity index (χ2v) is 14.9. The third kappa shape index (κ3) is 42.4.